The number of aliphatic carboxylic acids is 1. The summed E-state index contributed by atoms with van der Waals surface area (Å²) in [6, 6.07) is 6.85. The van der Waals surface area contributed by atoms with Crippen LogP contribution in [0.25, 0.3) is 0 Å². The second-order valence-corrected chi connectivity index (χ2v) is 4.70. The van der Waals surface area contributed by atoms with Gasteiger partial charge in [-0.2, -0.15) is 0 Å². The summed E-state index contributed by atoms with van der Waals surface area (Å²) in [5, 5.41) is 8.70. The fourth-order valence-electron chi connectivity index (χ4n) is 2.09. The van der Waals surface area contributed by atoms with E-state index >= 15 is 0 Å². The molecule has 0 aliphatic carbocycles. The summed E-state index contributed by atoms with van der Waals surface area (Å²) < 4.78 is 11.1. The first-order chi connectivity index (χ1) is 9.15. The van der Waals surface area contributed by atoms with Gasteiger partial charge in [-0.1, -0.05) is 12.1 Å². The molecule has 3 N–H and O–H groups in total. The zero-order valence-corrected chi connectivity index (χ0v) is 10.7. The van der Waals surface area contributed by atoms with E-state index < -0.39 is 12.0 Å². The molecule has 1 heterocycles. The van der Waals surface area contributed by atoms with E-state index in [4.69, 9.17) is 20.3 Å². The van der Waals surface area contributed by atoms with E-state index in [2.05, 4.69) is 0 Å². The van der Waals surface area contributed by atoms with E-state index in [-0.39, 0.29) is 12.5 Å². The first kappa shape index (κ1) is 13.8. The Morgan fingerprint density at radius 2 is 2.00 bits per heavy atom. The zero-order valence-electron chi connectivity index (χ0n) is 10.7. The smallest absolute Gasteiger partial charge is 0.305 e. The van der Waals surface area contributed by atoms with Crippen LogP contribution in [-0.2, 0) is 9.53 Å². The van der Waals surface area contributed by atoms with Crippen LogP contribution < -0.4 is 10.5 Å². The van der Waals surface area contributed by atoms with Gasteiger partial charge in [-0.3, -0.25) is 4.79 Å². The topological polar surface area (TPSA) is 81.8 Å². The summed E-state index contributed by atoms with van der Waals surface area (Å²) in [6.45, 7) is 1.48. The van der Waals surface area contributed by atoms with E-state index in [1.54, 1.807) is 0 Å². The van der Waals surface area contributed by atoms with Crippen molar-refractivity contribution >= 4 is 5.97 Å². The molecule has 0 aromatic heterocycles. The quantitative estimate of drug-likeness (QED) is 0.847. The highest BCUT2D eigenvalue weighted by Crippen LogP contribution is 2.21. The molecule has 2 rings (SSSR count). The number of carboxylic acids is 1. The van der Waals surface area contributed by atoms with Gasteiger partial charge in [-0.15, -0.1) is 0 Å². The highest BCUT2D eigenvalue weighted by Gasteiger charge is 2.15. The molecular weight excluding hydrogens is 246 g/mol. The molecule has 104 valence electrons. The standard InChI is InChI=1S/C14H19NO4/c15-13(9-14(16)17)10-1-3-11(4-2-10)19-12-5-7-18-8-6-12/h1-4,12-13H,5-9,15H2,(H,16,17). The number of carbonyl (C=O) groups is 1. The third-order valence-corrected chi connectivity index (χ3v) is 3.17. The van der Waals surface area contributed by atoms with Crippen LogP contribution in [0.1, 0.15) is 30.9 Å². The maximum Gasteiger partial charge on any atom is 0.305 e. The zero-order chi connectivity index (χ0) is 13.7. The van der Waals surface area contributed by atoms with Crippen LogP contribution in [0.4, 0.5) is 0 Å². The molecule has 0 bridgehead atoms. The molecule has 1 unspecified atom stereocenters. The first-order valence-electron chi connectivity index (χ1n) is 6.47. The van der Waals surface area contributed by atoms with Crippen molar-refractivity contribution in [2.45, 2.75) is 31.4 Å². The Bertz CT molecular complexity index is 412. The number of carboxylic acid groups (broad SMARTS) is 1. The van der Waals surface area contributed by atoms with Crippen LogP contribution in [0.2, 0.25) is 0 Å². The summed E-state index contributed by atoms with van der Waals surface area (Å²) in [5.74, 6) is -0.104. The van der Waals surface area contributed by atoms with Gasteiger partial charge >= 0.3 is 5.97 Å². The molecule has 1 aromatic rings. The van der Waals surface area contributed by atoms with Gasteiger partial charge in [0.15, 0.2) is 0 Å². The lowest BCUT2D eigenvalue weighted by molar-refractivity contribution is -0.137. The van der Waals surface area contributed by atoms with E-state index in [0.717, 1.165) is 37.4 Å². The van der Waals surface area contributed by atoms with E-state index in [1.807, 2.05) is 24.3 Å². The Kier molecular flexibility index (Phi) is 4.76. The van der Waals surface area contributed by atoms with Crippen molar-refractivity contribution in [2.75, 3.05) is 13.2 Å². The first-order valence-corrected chi connectivity index (χ1v) is 6.47. The van der Waals surface area contributed by atoms with Crippen LogP contribution in [0.5, 0.6) is 5.75 Å². The molecule has 1 fully saturated rings. The average molecular weight is 265 g/mol. The van der Waals surface area contributed by atoms with Crippen molar-refractivity contribution in [1.82, 2.24) is 0 Å². The molecule has 19 heavy (non-hydrogen) atoms. The highest BCUT2D eigenvalue weighted by molar-refractivity contribution is 5.67. The van der Waals surface area contributed by atoms with Crippen molar-refractivity contribution in [3.63, 3.8) is 0 Å². The molecule has 0 saturated carbocycles. The largest absolute Gasteiger partial charge is 0.490 e. The van der Waals surface area contributed by atoms with Gasteiger partial charge in [-0.05, 0) is 17.7 Å². The van der Waals surface area contributed by atoms with Crippen molar-refractivity contribution in [2.24, 2.45) is 5.73 Å². The van der Waals surface area contributed by atoms with Crippen LogP contribution in [0.3, 0.4) is 0 Å². The van der Waals surface area contributed by atoms with Crippen molar-refractivity contribution in [3.8, 4) is 5.75 Å². The van der Waals surface area contributed by atoms with Crippen LogP contribution >= 0.6 is 0 Å². The number of nitrogens with two attached hydrogens (primary N) is 1. The van der Waals surface area contributed by atoms with Gasteiger partial charge in [0, 0.05) is 18.9 Å². The van der Waals surface area contributed by atoms with Crippen LogP contribution in [-0.4, -0.2) is 30.4 Å². The lowest BCUT2D eigenvalue weighted by Crippen LogP contribution is -2.25. The minimum absolute atomic E-state index is 0.0693. The molecule has 1 saturated heterocycles. The van der Waals surface area contributed by atoms with Gasteiger partial charge in [0.1, 0.15) is 11.9 Å². The number of ether oxygens (including phenoxy) is 2. The Morgan fingerprint density at radius 3 is 2.58 bits per heavy atom. The van der Waals surface area contributed by atoms with Crippen molar-refractivity contribution in [3.05, 3.63) is 29.8 Å². The van der Waals surface area contributed by atoms with Gasteiger partial charge in [0.2, 0.25) is 0 Å². The van der Waals surface area contributed by atoms with Gasteiger partial charge in [0.25, 0.3) is 0 Å². The number of rotatable bonds is 5. The van der Waals surface area contributed by atoms with E-state index in [1.165, 1.54) is 0 Å². The molecule has 5 nitrogen and oxygen atoms in total. The molecule has 1 aliphatic heterocycles. The summed E-state index contributed by atoms with van der Waals surface area (Å²) >= 11 is 0. The number of hydrogen-bond donors (Lipinski definition) is 2. The minimum atomic E-state index is -0.893. The Balaban J connectivity index is 1.92. The van der Waals surface area contributed by atoms with Gasteiger partial charge in [-0.25, -0.2) is 0 Å². The molecule has 1 aliphatic rings. The summed E-state index contributed by atoms with van der Waals surface area (Å²) in [6.07, 6.45) is 1.94. The fraction of sp³-hybridized carbons (Fsp3) is 0.500. The Hall–Kier alpha value is -1.59. The third kappa shape index (κ3) is 4.22. The Morgan fingerprint density at radius 1 is 1.37 bits per heavy atom. The summed E-state index contributed by atoms with van der Waals surface area (Å²) in [5.41, 5.74) is 6.60. The maximum absolute atomic E-state index is 10.6. The number of hydrogen-bond acceptors (Lipinski definition) is 4. The Labute approximate surface area is 112 Å². The molecule has 0 radical (unpaired) electrons. The van der Waals surface area contributed by atoms with E-state index in [9.17, 15) is 4.79 Å². The predicted octanol–water partition coefficient (Wildman–Crippen LogP) is 1.72. The number of benzene rings is 1. The summed E-state index contributed by atoms with van der Waals surface area (Å²) in [4.78, 5) is 10.6. The minimum Gasteiger partial charge on any atom is -0.490 e. The molecule has 0 spiro atoms. The molecular formula is C14H19NO4. The molecule has 0 amide bonds. The van der Waals surface area contributed by atoms with Crippen molar-refractivity contribution in [1.29, 1.82) is 0 Å². The second kappa shape index (κ2) is 6.54. The lowest BCUT2D eigenvalue weighted by Gasteiger charge is -2.23. The molecule has 1 atom stereocenters. The normalized spacial score (nSPS) is 17.9. The van der Waals surface area contributed by atoms with Crippen molar-refractivity contribution < 1.29 is 19.4 Å². The third-order valence-electron chi connectivity index (χ3n) is 3.17. The highest BCUT2D eigenvalue weighted by atomic mass is 16.5. The maximum atomic E-state index is 10.6. The summed E-state index contributed by atoms with van der Waals surface area (Å²) in [7, 11) is 0. The fourth-order valence-corrected chi connectivity index (χ4v) is 2.09. The van der Waals surface area contributed by atoms with Crippen LogP contribution in [0.15, 0.2) is 24.3 Å². The SMILES string of the molecule is NC(CC(=O)O)c1ccc(OC2CCOCC2)cc1. The second-order valence-electron chi connectivity index (χ2n) is 4.70. The molecule has 5 heteroatoms. The average Bonchev–Trinajstić information content (AvgIpc) is 2.40. The van der Waals surface area contributed by atoms with Crippen LogP contribution in [0, 0.1) is 0 Å². The monoisotopic (exact) mass is 265 g/mol. The predicted molar refractivity (Wildman–Crippen MR) is 70.1 cm³/mol. The van der Waals surface area contributed by atoms with Gasteiger partial charge < -0.3 is 20.3 Å². The molecule has 1 aromatic carbocycles. The van der Waals surface area contributed by atoms with E-state index in [0.29, 0.717) is 0 Å². The lowest BCUT2D eigenvalue weighted by atomic mass is 10.0. The van der Waals surface area contributed by atoms with Gasteiger partial charge in [0.05, 0.1) is 19.6 Å².